The molecule has 0 radical (unpaired) electrons. The highest BCUT2D eigenvalue weighted by Gasteiger charge is 2.22. The van der Waals surface area contributed by atoms with Crippen LogP contribution in [0.3, 0.4) is 0 Å². The molecule has 0 aromatic heterocycles. The Morgan fingerprint density at radius 3 is 2.25 bits per heavy atom. The van der Waals surface area contributed by atoms with Crippen molar-refractivity contribution in [2.75, 3.05) is 26.2 Å². The molecular formula is C19H39IN4. The predicted molar refractivity (Wildman–Crippen MR) is 115 cm³/mol. The van der Waals surface area contributed by atoms with Crippen LogP contribution in [-0.4, -0.2) is 49.1 Å². The van der Waals surface area contributed by atoms with Gasteiger partial charge in [-0.05, 0) is 58.3 Å². The molecule has 0 atom stereocenters. The fourth-order valence-corrected chi connectivity index (χ4v) is 3.81. The zero-order chi connectivity index (χ0) is 16.7. The Bertz CT molecular complexity index is 356. The lowest BCUT2D eigenvalue weighted by atomic mass is 9.83. The monoisotopic (exact) mass is 450 g/mol. The van der Waals surface area contributed by atoms with Gasteiger partial charge in [-0.25, -0.2) is 0 Å². The summed E-state index contributed by atoms with van der Waals surface area (Å²) in [5, 5.41) is 7.11. The lowest BCUT2D eigenvalue weighted by molar-refractivity contribution is 0.167. The van der Waals surface area contributed by atoms with Gasteiger partial charge in [0.15, 0.2) is 5.96 Å². The molecule has 0 bridgehead atoms. The van der Waals surface area contributed by atoms with Crippen LogP contribution in [0.2, 0.25) is 0 Å². The summed E-state index contributed by atoms with van der Waals surface area (Å²) >= 11 is 0. The van der Waals surface area contributed by atoms with Crippen LogP contribution in [0, 0.1) is 11.8 Å². The molecule has 1 aliphatic heterocycles. The molecule has 2 rings (SSSR count). The van der Waals surface area contributed by atoms with E-state index in [4.69, 9.17) is 4.99 Å². The normalized spacial score (nSPS) is 27.0. The first-order chi connectivity index (χ1) is 11.1. The summed E-state index contributed by atoms with van der Waals surface area (Å²) in [6, 6.07) is 1.25. The summed E-state index contributed by atoms with van der Waals surface area (Å²) in [4.78, 5) is 7.47. The molecule has 5 heteroatoms. The van der Waals surface area contributed by atoms with Crippen molar-refractivity contribution in [3.8, 4) is 0 Å². The van der Waals surface area contributed by atoms with E-state index in [9.17, 15) is 0 Å². The van der Waals surface area contributed by atoms with E-state index in [0.717, 1.165) is 30.9 Å². The molecule has 0 aromatic carbocycles. The zero-order valence-corrected chi connectivity index (χ0v) is 18.5. The average Bonchev–Trinajstić information content (AvgIpc) is 2.55. The number of guanidine groups is 1. The number of nitrogens with zero attached hydrogens (tertiary/aromatic N) is 2. The Hall–Kier alpha value is -0.0400. The maximum Gasteiger partial charge on any atom is 0.191 e. The van der Waals surface area contributed by atoms with Crippen LogP contribution in [0.1, 0.15) is 66.2 Å². The lowest BCUT2D eigenvalue weighted by Gasteiger charge is -2.35. The molecule has 24 heavy (non-hydrogen) atoms. The van der Waals surface area contributed by atoms with Crippen molar-refractivity contribution in [3.63, 3.8) is 0 Å². The van der Waals surface area contributed by atoms with Gasteiger partial charge in [-0.1, -0.05) is 19.8 Å². The highest BCUT2D eigenvalue weighted by Crippen LogP contribution is 2.28. The van der Waals surface area contributed by atoms with Crippen LogP contribution < -0.4 is 10.6 Å². The maximum absolute atomic E-state index is 4.89. The van der Waals surface area contributed by atoms with Gasteiger partial charge in [0.2, 0.25) is 0 Å². The highest BCUT2D eigenvalue weighted by atomic mass is 127. The zero-order valence-electron chi connectivity index (χ0n) is 16.2. The van der Waals surface area contributed by atoms with Crippen LogP contribution in [0.5, 0.6) is 0 Å². The van der Waals surface area contributed by atoms with Gasteiger partial charge in [-0.2, -0.15) is 0 Å². The third-order valence-corrected chi connectivity index (χ3v) is 5.59. The standard InChI is InChI=1S/C19H38N4.HI/c1-5-20-19(21-14-17-8-6-16(4)7-9-17)22-18-10-12-23(13-11-18)15(2)3;/h15-18H,5-14H2,1-4H3,(H2,20,21,22);1H. The average molecular weight is 450 g/mol. The van der Waals surface area contributed by atoms with Crippen LogP contribution in [0.25, 0.3) is 0 Å². The molecule has 4 nitrogen and oxygen atoms in total. The number of halogens is 1. The molecule has 1 saturated heterocycles. The molecular weight excluding hydrogens is 411 g/mol. The molecule has 0 unspecified atom stereocenters. The first-order valence-corrected chi connectivity index (χ1v) is 9.87. The number of nitrogens with one attached hydrogen (secondary N) is 2. The van der Waals surface area contributed by atoms with Crippen molar-refractivity contribution in [1.82, 2.24) is 15.5 Å². The fourth-order valence-electron chi connectivity index (χ4n) is 3.81. The summed E-state index contributed by atoms with van der Waals surface area (Å²) in [7, 11) is 0. The molecule has 0 amide bonds. The quantitative estimate of drug-likeness (QED) is 0.380. The molecule has 0 aromatic rings. The van der Waals surface area contributed by atoms with Crippen molar-refractivity contribution in [3.05, 3.63) is 0 Å². The summed E-state index contributed by atoms with van der Waals surface area (Å²) in [6.45, 7) is 13.5. The molecule has 1 aliphatic carbocycles. The van der Waals surface area contributed by atoms with Gasteiger partial charge >= 0.3 is 0 Å². The Morgan fingerprint density at radius 2 is 1.71 bits per heavy atom. The Morgan fingerprint density at radius 1 is 1.08 bits per heavy atom. The first kappa shape index (κ1) is 22.0. The van der Waals surface area contributed by atoms with E-state index in [-0.39, 0.29) is 24.0 Å². The molecule has 142 valence electrons. The van der Waals surface area contributed by atoms with E-state index in [0.29, 0.717) is 12.1 Å². The summed E-state index contributed by atoms with van der Waals surface area (Å²) in [6.07, 6.45) is 7.94. The van der Waals surface area contributed by atoms with Gasteiger partial charge in [0.25, 0.3) is 0 Å². The minimum Gasteiger partial charge on any atom is -0.357 e. The SMILES string of the molecule is CCNC(=NCC1CCC(C)CC1)NC1CCN(C(C)C)CC1.I. The number of rotatable bonds is 5. The number of likely N-dealkylation sites (tertiary alicyclic amines) is 1. The van der Waals surface area contributed by atoms with E-state index in [1.165, 1.54) is 51.6 Å². The summed E-state index contributed by atoms with van der Waals surface area (Å²) < 4.78 is 0. The lowest BCUT2D eigenvalue weighted by Crippen LogP contribution is -2.50. The number of hydrogen-bond donors (Lipinski definition) is 2. The topological polar surface area (TPSA) is 39.7 Å². The maximum atomic E-state index is 4.89. The second-order valence-electron chi connectivity index (χ2n) is 7.89. The second-order valence-corrected chi connectivity index (χ2v) is 7.89. The minimum absolute atomic E-state index is 0. The molecule has 2 fully saturated rings. The van der Waals surface area contributed by atoms with Crippen LogP contribution in [-0.2, 0) is 0 Å². The van der Waals surface area contributed by atoms with Crippen molar-refractivity contribution in [1.29, 1.82) is 0 Å². The van der Waals surface area contributed by atoms with Gasteiger partial charge in [0.1, 0.15) is 0 Å². The first-order valence-electron chi connectivity index (χ1n) is 9.87. The van der Waals surface area contributed by atoms with Crippen molar-refractivity contribution >= 4 is 29.9 Å². The summed E-state index contributed by atoms with van der Waals surface area (Å²) in [5.74, 6) is 2.76. The van der Waals surface area contributed by atoms with Crippen molar-refractivity contribution in [2.45, 2.75) is 78.3 Å². The van der Waals surface area contributed by atoms with Gasteiger partial charge in [0.05, 0.1) is 0 Å². The largest absolute Gasteiger partial charge is 0.357 e. The van der Waals surface area contributed by atoms with Gasteiger partial charge < -0.3 is 15.5 Å². The molecule has 2 aliphatic rings. The van der Waals surface area contributed by atoms with Gasteiger partial charge in [0, 0.05) is 38.3 Å². The van der Waals surface area contributed by atoms with E-state index in [2.05, 4.69) is 43.2 Å². The summed E-state index contributed by atoms with van der Waals surface area (Å²) in [5.41, 5.74) is 0. The minimum atomic E-state index is 0. The number of hydrogen-bond acceptors (Lipinski definition) is 2. The van der Waals surface area contributed by atoms with E-state index >= 15 is 0 Å². The van der Waals surface area contributed by atoms with Gasteiger partial charge in [-0.15, -0.1) is 24.0 Å². The molecule has 2 N–H and O–H groups in total. The molecule has 1 saturated carbocycles. The van der Waals surface area contributed by atoms with Crippen LogP contribution >= 0.6 is 24.0 Å². The smallest absolute Gasteiger partial charge is 0.191 e. The van der Waals surface area contributed by atoms with E-state index < -0.39 is 0 Å². The predicted octanol–water partition coefficient (Wildman–Crippen LogP) is 3.86. The second kappa shape index (κ2) is 11.6. The van der Waals surface area contributed by atoms with Crippen molar-refractivity contribution < 1.29 is 0 Å². The molecule has 1 heterocycles. The molecule has 0 spiro atoms. The Kier molecular flexibility index (Phi) is 10.6. The van der Waals surface area contributed by atoms with Crippen LogP contribution in [0.15, 0.2) is 4.99 Å². The highest BCUT2D eigenvalue weighted by molar-refractivity contribution is 14.0. The van der Waals surface area contributed by atoms with Crippen LogP contribution in [0.4, 0.5) is 0 Å². The third kappa shape index (κ3) is 7.46. The van der Waals surface area contributed by atoms with E-state index in [1.54, 1.807) is 0 Å². The Labute approximate surface area is 166 Å². The number of piperidine rings is 1. The van der Waals surface area contributed by atoms with E-state index in [1.807, 2.05) is 0 Å². The van der Waals surface area contributed by atoms with Crippen molar-refractivity contribution in [2.24, 2.45) is 16.8 Å². The number of aliphatic imine (C=N–C) groups is 1. The van der Waals surface area contributed by atoms with Gasteiger partial charge in [-0.3, -0.25) is 4.99 Å². The third-order valence-electron chi connectivity index (χ3n) is 5.59. The fraction of sp³-hybridized carbons (Fsp3) is 0.947. The Balaban J connectivity index is 0.00000288.